The molecule has 4 rings (SSSR count). The van der Waals surface area contributed by atoms with E-state index < -0.39 is 23.4 Å². The van der Waals surface area contributed by atoms with E-state index in [2.05, 4.69) is 20.5 Å². The van der Waals surface area contributed by atoms with Gasteiger partial charge in [0.15, 0.2) is 0 Å². The zero-order valence-corrected chi connectivity index (χ0v) is 17.7. The van der Waals surface area contributed by atoms with Gasteiger partial charge in [0, 0.05) is 42.7 Å². The van der Waals surface area contributed by atoms with Crippen LogP contribution in [0.1, 0.15) is 41.9 Å². The smallest absolute Gasteiger partial charge is 0.355 e. The number of benzene rings is 1. The summed E-state index contributed by atoms with van der Waals surface area (Å²) < 4.78 is 41.3. The summed E-state index contributed by atoms with van der Waals surface area (Å²) in [5.74, 6) is -1.40. The number of nitrogens with two attached hydrogens (primary N) is 1. The molecule has 1 aromatic carbocycles. The van der Waals surface area contributed by atoms with E-state index >= 15 is 0 Å². The van der Waals surface area contributed by atoms with E-state index in [0.29, 0.717) is 12.0 Å². The molecule has 2 heterocycles. The molecule has 0 spiro atoms. The highest BCUT2D eigenvalue weighted by Gasteiger charge is 2.67. The van der Waals surface area contributed by atoms with Gasteiger partial charge in [0.1, 0.15) is 0 Å². The lowest BCUT2D eigenvalue weighted by Crippen LogP contribution is -2.40. The summed E-state index contributed by atoms with van der Waals surface area (Å²) in [7, 11) is 0. The lowest BCUT2D eigenvalue weighted by molar-refractivity contribution is -0.194. The van der Waals surface area contributed by atoms with Crippen LogP contribution in [0.4, 0.5) is 13.2 Å². The Morgan fingerprint density at radius 3 is 2.75 bits per heavy atom. The number of carbonyl (C=O) groups is 1. The van der Waals surface area contributed by atoms with E-state index in [4.69, 9.17) is 5.73 Å². The van der Waals surface area contributed by atoms with Gasteiger partial charge in [-0.1, -0.05) is 12.1 Å². The molecule has 0 saturated heterocycles. The van der Waals surface area contributed by atoms with E-state index in [1.165, 1.54) is 12.4 Å². The molecule has 1 saturated carbocycles. The van der Waals surface area contributed by atoms with Gasteiger partial charge in [-0.3, -0.25) is 14.9 Å². The summed E-state index contributed by atoms with van der Waals surface area (Å²) in [6.45, 7) is 2.16. The topological polar surface area (TPSA) is 96.7 Å². The molecule has 3 aromatic rings. The van der Waals surface area contributed by atoms with Crippen LogP contribution >= 0.6 is 0 Å². The number of halogens is 3. The lowest BCUT2D eigenvalue weighted by Gasteiger charge is -2.29. The fourth-order valence-electron chi connectivity index (χ4n) is 4.49. The summed E-state index contributed by atoms with van der Waals surface area (Å²) in [6.07, 6.45) is 0.634. The fraction of sp³-hybridized carbons (Fsp3) is 0.435. The zero-order chi connectivity index (χ0) is 22.9. The number of aromatic nitrogens is 3. The number of nitrogens with zero attached hydrogens (tertiary/aromatic N) is 2. The maximum absolute atomic E-state index is 13.8. The van der Waals surface area contributed by atoms with Crippen LogP contribution in [0.5, 0.6) is 0 Å². The van der Waals surface area contributed by atoms with Gasteiger partial charge in [0.25, 0.3) is 0 Å². The van der Waals surface area contributed by atoms with Crippen LogP contribution in [0.15, 0.2) is 42.9 Å². The van der Waals surface area contributed by atoms with Crippen LogP contribution in [0.2, 0.25) is 0 Å². The van der Waals surface area contributed by atoms with Gasteiger partial charge < -0.3 is 11.1 Å². The van der Waals surface area contributed by atoms with Crippen molar-refractivity contribution in [3.8, 4) is 0 Å². The molecule has 2 unspecified atom stereocenters. The number of H-pyrrole nitrogens is 1. The number of alkyl halides is 3. The number of aryl methyl sites for hydroxylation is 1. The maximum atomic E-state index is 13.8. The highest BCUT2D eigenvalue weighted by Crippen LogP contribution is 2.66. The second-order valence-corrected chi connectivity index (χ2v) is 8.71. The number of hydrogen-bond donors (Lipinski definition) is 3. The Bertz CT molecular complexity index is 1090. The molecular formula is C23H26F3N5O. The quantitative estimate of drug-likeness (QED) is 0.492. The van der Waals surface area contributed by atoms with E-state index in [9.17, 15) is 18.0 Å². The van der Waals surface area contributed by atoms with Gasteiger partial charge in [-0.25, -0.2) is 0 Å². The number of rotatable bonds is 8. The Kier molecular flexibility index (Phi) is 5.94. The molecular weight excluding hydrogens is 419 g/mol. The molecule has 4 N–H and O–H groups in total. The molecule has 32 heavy (non-hydrogen) atoms. The van der Waals surface area contributed by atoms with Gasteiger partial charge in [-0.2, -0.15) is 18.3 Å². The zero-order valence-electron chi connectivity index (χ0n) is 17.7. The Labute approximate surface area is 183 Å². The number of nitrogens with one attached hydrogen (secondary N) is 2. The average Bonchev–Trinajstić information content (AvgIpc) is 3.43. The maximum Gasteiger partial charge on any atom is 0.395 e. The van der Waals surface area contributed by atoms with Crippen LogP contribution < -0.4 is 11.1 Å². The number of aromatic amines is 1. The van der Waals surface area contributed by atoms with E-state index in [1.807, 2.05) is 19.1 Å². The molecule has 0 aliphatic heterocycles. The number of amides is 1. The number of hydrogen-bond acceptors (Lipinski definition) is 4. The first-order valence-corrected chi connectivity index (χ1v) is 10.6. The van der Waals surface area contributed by atoms with Gasteiger partial charge in [-0.15, -0.1) is 0 Å². The van der Waals surface area contributed by atoms with Crippen molar-refractivity contribution in [2.24, 2.45) is 11.1 Å². The molecule has 170 valence electrons. The van der Waals surface area contributed by atoms with E-state index in [0.717, 1.165) is 22.0 Å². The van der Waals surface area contributed by atoms with Crippen molar-refractivity contribution in [3.63, 3.8) is 0 Å². The van der Waals surface area contributed by atoms with Crippen LogP contribution in [-0.4, -0.2) is 39.9 Å². The summed E-state index contributed by atoms with van der Waals surface area (Å²) in [5, 5.41) is 10.7. The van der Waals surface area contributed by atoms with Crippen molar-refractivity contribution in [1.82, 2.24) is 20.5 Å². The highest BCUT2D eigenvalue weighted by molar-refractivity contribution is 5.82. The molecule has 1 amide bonds. The minimum atomic E-state index is -4.37. The van der Waals surface area contributed by atoms with Crippen molar-refractivity contribution < 1.29 is 18.0 Å². The van der Waals surface area contributed by atoms with E-state index in [-0.39, 0.29) is 31.8 Å². The second kappa shape index (κ2) is 8.54. The summed E-state index contributed by atoms with van der Waals surface area (Å²) >= 11 is 0. The third-order valence-electron chi connectivity index (χ3n) is 6.36. The third-order valence-corrected chi connectivity index (χ3v) is 6.36. The van der Waals surface area contributed by atoms with Crippen molar-refractivity contribution in [3.05, 3.63) is 59.5 Å². The molecule has 1 fully saturated rings. The third kappa shape index (κ3) is 4.48. The van der Waals surface area contributed by atoms with Crippen molar-refractivity contribution in [1.29, 1.82) is 0 Å². The van der Waals surface area contributed by atoms with Crippen LogP contribution in [-0.2, 0) is 11.2 Å². The number of carbonyl (C=O) groups excluding carboxylic acids is 1. The largest absolute Gasteiger partial charge is 0.395 e. The fourth-order valence-corrected chi connectivity index (χ4v) is 4.49. The SMILES string of the molecule is Cc1cc(CC(N)CNC(=O)CC(c2cccnc2)C2(C(F)(F)F)CC2)cc2cn[nH]c12. The molecule has 6 nitrogen and oxygen atoms in total. The van der Waals surface area contributed by atoms with Crippen LogP contribution in [0, 0.1) is 12.3 Å². The van der Waals surface area contributed by atoms with Crippen molar-refractivity contribution in [2.75, 3.05) is 6.54 Å². The van der Waals surface area contributed by atoms with Gasteiger partial charge in [0.2, 0.25) is 5.91 Å². The standard InChI is InChI=1S/C23H26F3N5O/c1-14-7-15(8-17-12-30-31-21(14)17)9-18(27)13-29-20(32)10-19(16-3-2-6-28-11-16)22(4-5-22)23(24,25)26/h2-3,6-8,11-12,18-19H,4-5,9-10,13,27H2,1H3,(H,29,32)(H,30,31). The average molecular weight is 445 g/mol. The second-order valence-electron chi connectivity index (χ2n) is 8.71. The monoisotopic (exact) mass is 445 g/mol. The van der Waals surface area contributed by atoms with Crippen LogP contribution in [0.3, 0.4) is 0 Å². The lowest BCUT2D eigenvalue weighted by atomic mass is 9.80. The summed E-state index contributed by atoms with van der Waals surface area (Å²) in [4.78, 5) is 16.6. The molecule has 1 aliphatic rings. The minimum Gasteiger partial charge on any atom is -0.355 e. The molecule has 9 heteroatoms. The van der Waals surface area contributed by atoms with Gasteiger partial charge in [0.05, 0.1) is 17.1 Å². The molecule has 2 atom stereocenters. The summed E-state index contributed by atoms with van der Waals surface area (Å²) in [5.41, 5.74) is 7.82. The Balaban J connectivity index is 1.39. The predicted octanol–water partition coefficient (Wildman–Crippen LogP) is 3.77. The predicted molar refractivity (Wildman–Crippen MR) is 115 cm³/mol. The Morgan fingerprint density at radius 2 is 2.09 bits per heavy atom. The summed E-state index contributed by atoms with van der Waals surface area (Å²) in [6, 6.07) is 6.85. The minimum absolute atomic E-state index is 0.0265. The Hall–Kier alpha value is -2.94. The Morgan fingerprint density at radius 1 is 1.31 bits per heavy atom. The first-order valence-electron chi connectivity index (χ1n) is 10.6. The molecule has 1 aliphatic carbocycles. The first kappa shape index (κ1) is 22.3. The molecule has 0 radical (unpaired) electrons. The van der Waals surface area contributed by atoms with E-state index in [1.54, 1.807) is 18.3 Å². The normalized spacial score (nSPS) is 17.2. The van der Waals surface area contributed by atoms with Crippen molar-refractivity contribution >= 4 is 16.8 Å². The number of pyridine rings is 1. The first-order chi connectivity index (χ1) is 15.2. The van der Waals surface area contributed by atoms with Gasteiger partial charge >= 0.3 is 6.18 Å². The highest BCUT2D eigenvalue weighted by atomic mass is 19.4. The van der Waals surface area contributed by atoms with Crippen LogP contribution in [0.25, 0.3) is 10.9 Å². The van der Waals surface area contributed by atoms with Crippen molar-refractivity contribution in [2.45, 2.75) is 50.7 Å². The molecule has 2 aromatic heterocycles. The molecule has 0 bridgehead atoms. The number of fused-ring (bicyclic) bond motifs is 1. The van der Waals surface area contributed by atoms with Gasteiger partial charge in [-0.05, 0) is 55.0 Å².